The number of hydrogen-bond acceptors (Lipinski definition) is 7. The zero-order valence-electron chi connectivity index (χ0n) is 17.4. The van der Waals surface area contributed by atoms with Gasteiger partial charge in [-0.25, -0.2) is 4.68 Å². The van der Waals surface area contributed by atoms with Gasteiger partial charge in [-0.2, -0.15) is 9.78 Å². The summed E-state index contributed by atoms with van der Waals surface area (Å²) in [6, 6.07) is 15.0. The molecule has 0 saturated heterocycles. The first-order valence-electron chi connectivity index (χ1n) is 9.66. The summed E-state index contributed by atoms with van der Waals surface area (Å²) >= 11 is 7.55. The number of para-hydroxylation sites is 1. The van der Waals surface area contributed by atoms with E-state index in [9.17, 15) is 4.79 Å². The van der Waals surface area contributed by atoms with Crippen LogP contribution in [0.1, 0.15) is 11.1 Å². The molecule has 9 nitrogen and oxygen atoms in total. The van der Waals surface area contributed by atoms with Gasteiger partial charge in [0, 0.05) is 6.07 Å². The molecule has 0 radical (unpaired) electrons. The van der Waals surface area contributed by atoms with Crippen LogP contribution in [0, 0.1) is 6.92 Å². The van der Waals surface area contributed by atoms with Crippen molar-refractivity contribution in [2.24, 2.45) is 0 Å². The molecular formula is C21H20ClN7O2S. The molecule has 0 fully saturated rings. The molecule has 2 aromatic heterocycles. The van der Waals surface area contributed by atoms with Crippen LogP contribution in [0.3, 0.4) is 0 Å². The second kappa shape index (κ2) is 9.84. The number of carbonyl (C=O) groups is 1. The van der Waals surface area contributed by atoms with Crippen molar-refractivity contribution in [1.82, 2.24) is 30.0 Å². The molecule has 0 atom stereocenters. The van der Waals surface area contributed by atoms with Crippen molar-refractivity contribution in [3.05, 3.63) is 70.9 Å². The summed E-state index contributed by atoms with van der Waals surface area (Å²) in [4.78, 5) is 12.6. The lowest BCUT2D eigenvalue weighted by molar-refractivity contribution is -0.113. The first-order chi connectivity index (χ1) is 15.5. The highest BCUT2D eigenvalue weighted by Gasteiger charge is 2.16. The minimum Gasteiger partial charge on any atom is -0.497 e. The number of halogens is 1. The van der Waals surface area contributed by atoms with Crippen LogP contribution in [0.2, 0.25) is 5.02 Å². The van der Waals surface area contributed by atoms with E-state index >= 15 is 0 Å². The zero-order chi connectivity index (χ0) is 22.5. The minimum atomic E-state index is -0.197. The number of nitrogens with zero attached hydrogens (tertiary/aromatic N) is 6. The standard InChI is InChI=1S/C21H20ClN7O2S/c1-14-4-3-5-17(22)20(14)29-21(25-26-27-29)32-13-19(30)24-18-10-11-23-28(18)12-15-6-8-16(31-2)9-7-15/h3-11H,12-13H2,1-2H3,(H,24,30). The largest absolute Gasteiger partial charge is 0.497 e. The van der Waals surface area contributed by atoms with Crippen LogP contribution in [-0.4, -0.2) is 48.8 Å². The fourth-order valence-corrected chi connectivity index (χ4v) is 4.06. The lowest BCUT2D eigenvalue weighted by Crippen LogP contribution is -2.18. The average molecular weight is 470 g/mol. The molecule has 32 heavy (non-hydrogen) atoms. The first kappa shape index (κ1) is 21.8. The van der Waals surface area contributed by atoms with E-state index in [4.69, 9.17) is 16.3 Å². The lowest BCUT2D eigenvalue weighted by Gasteiger charge is -2.10. The molecule has 0 spiro atoms. The van der Waals surface area contributed by atoms with E-state index in [1.807, 2.05) is 43.3 Å². The number of rotatable bonds is 8. The molecule has 0 saturated carbocycles. The third kappa shape index (κ3) is 4.92. The van der Waals surface area contributed by atoms with Gasteiger partial charge in [0.15, 0.2) is 0 Å². The molecule has 11 heteroatoms. The second-order valence-electron chi connectivity index (χ2n) is 6.84. The van der Waals surface area contributed by atoms with Gasteiger partial charge >= 0.3 is 0 Å². The molecule has 0 aliphatic carbocycles. The topological polar surface area (TPSA) is 99.8 Å². The van der Waals surface area contributed by atoms with Crippen LogP contribution in [0.15, 0.2) is 59.9 Å². The van der Waals surface area contributed by atoms with E-state index in [2.05, 4.69) is 25.9 Å². The summed E-state index contributed by atoms with van der Waals surface area (Å²) in [5, 5.41) is 20.0. The number of nitrogens with one attached hydrogen (secondary N) is 1. The molecule has 2 heterocycles. The second-order valence-corrected chi connectivity index (χ2v) is 8.19. The third-order valence-corrected chi connectivity index (χ3v) is 5.87. The van der Waals surface area contributed by atoms with Crippen molar-refractivity contribution in [3.8, 4) is 11.4 Å². The fourth-order valence-electron chi connectivity index (χ4n) is 3.08. The van der Waals surface area contributed by atoms with Gasteiger partial charge < -0.3 is 10.1 Å². The Balaban J connectivity index is 1.40. The maximum atomic E-state index is 12.6. The SMILES string of the molecule is COc1ccc(Cn2nccc2NC(=O)CSc2nnnn2-c2c(C)cccc2Cl)cc1. The zero-order valence-corrected chi connectivity index (χ0v) is 19.0. The number of hydrogen-bond donors (Lipinski definition) is 1. The molecule has 4 aromatic rings. The van der Waals surface area contributed by atoms with Crippen molar-refractivity contribution in [2.75, 3.05) is 18.2 Å². The van der Waals surface area contributed by atoms with Crippen molar-refractivity contribution in [3.63, 3.8) is 0 Å². The molecule has 0 unspecified atom stereocenters. The van der Waals surface area contributed by atoms with Gasteiger partial charge in [-0.15, -0.1) is 5.10 Å². The van der Waals surface area contributed by atoms with Gasteiger partial charge in [-0.05, 0) is 46.7 Å². The van der Waals surface area contributed by atoms with E-state index in [0.717, 1.165) is 16.9 Å². The molecule has 4 rings (SSSR count). The number of tetrazole rings is 1. The molecule has 164 valence electrons. The smallest absolute Gasteiger partial charge is 0.235 e. The molecule has 2 aromatic carbocycles. The Morgan fingerprint density at radius 2 is 2.00 bits per heavy atom. The number of ether oxygens (including phenoxy) is 1. The van der Waals surface area contributed by atoms with Crippen LogP contribution in [-0.2, 0) is 11.3 Å². The fraction of sp³-hybridized carbons (Fsp3) is 0.190. The first-order valence-corrected chi connectivity index (χ1v) is 11.0. The maximum Gasteiger partial charge on any atom is 0.235 e. The van der Waals surface area contributed by atoms with Gasteiger partial charge in [0.25, 0.3) is 0 Å². The Bertz CT molecular complexity index is 1200. The van der Waals surface area contributed by atoms with Crippen molar-refractivity contribution < 1.29 is 9.53 Å². The highest BCUT2D eigenvalue weighted by atomic mass is 35.5. The van der Waals surface area contributed by atoms with Crippen LogP contribution < -0.4 is 10.1 Å². The van der Waals surface area contributed by atoms with Gasteiger partial charge in [-0.3, -0.25) is 4.79 Å². The summed E-state index contributed by atoms with van der Waals surface area (Å²) in [6.45, 7) is 2.44. The highest BCUT2D eigenvalue weighted by Crippen LogP contribution is 2.27. The number of anilines is 1. The summed E-state index contributed by atoms with van der Waals surface area (Å²) in [5.41, 5.74) is 2.66. The van der Waals surface area contributed by atoms with Crippen molar-refractivity contribution >= 4 is 35.1 Å². The summed E-state index contributed by atoms with van der Waals surface area (Å²) < 4.78 is 8.45. The number of amides is 1. The predicted molar refractivity (Wildman–Crippen MR) is 123 cm³/mol. The van der Waals surface area contributed by atoms with Crippen LogP contribution in [0.25, 0.3) is 5.69 Å². The monoisotopic (exact) mass is 469 g/mol. The predicted octanol–water partition coefficient (Wildman–Crippen LogP) is 3.61. The van der Waals surface area contributed by atoms with E-state index in [1.54, 1.807) is 34.8 Å². The van der Waals surface area contributed by atoms with Gasteiger partial charge in [0.1, 0.15) is 11.6 Å². The summed E-state index contributed by atoms with van der Waals surface area (Å²) in [7, 11) is 1.63. The van der Waals surface area contributed by atoms with Crippen molar-refractivity contribution in [1.29, 1.82) is 0 Å². The van der Waals surface area contributed by atoms with E-state index in [-0.39, 0.29) is 11.7 Å². The average Bonchev–Trinajstić information content (AvgIpc) is 3.42. The van der Waals surface area contributed by atoms with Crippen LogP contribution in [0.5, 0.6) is 5.75 Å². The Kier molecular flexibility index (Phi) is 6.72. The maximum absolute atomic E-state index is 12.6. The number of thioether (sulfide) groups is 1. The molecule has 1 amide bonds. The van der Waals surface area contributed by atoms with Crippen LogP contribution in [0.4, 0.5) is 5.82 Å². The Labute approximate surface area is 193 Å². The number of aromatic nitrogens is 6. The Morgan fingerprint density at radius 1 is 1.19 bits per heavy atom. The van der Waals surface area contributed by atoms with E-state index in [0.29, 0.717) is 28.2 Å². The number of aryl methyl sites for hydroxylation is 1. The van der Waals surface area contributed by atoms with E-state index in [1.165, 1.54) is 11.8 Å². The summed E-state index contributed by atoms with van der Waals surface area (Å²) in [6.07, 6.45) is 1.65. The van der Waals surface area contributed by atoms with E-state index < -0.39 is 0 Å². The quantitative estimate of drug-likeness (QED) is 0.393. The normalized spacial score (nSPS) is 10.8. The third-order valence-electron chi connectivity index (χ3n) is 4.65. The van der Waals surface area contributed by atoms with Crippen LogP contribution >= 0.6 is 23.4 Å². The van der Waals surface area contributed by atoms with Crippen molar-refractivity contribution in [2.45, 2.75) is 18.6 Å². The Morgan fingerprint density at radius 3 is 2.75 bits per heavy atom. The van der Waals surface area contributed by atoms with Gasteiger partial charge in [-0.1, -0.05) is 47.6 Å². The Hall–Kier alpha value is -3.37. The lowest BCUT2D eigenvalue weighted by atomic mass is 10.2. The molecule has 0 aliphatic rings. The van der Waals surface area contributed by atoms with Gasteiger partial charge in [0.2, 0.25) is 11.1 Å². The molecule has 0 aliphatic heterocycles. The number of carbonyl (C=O) groups excluding carboxylic acids is 1. The van der Waals surface area contributed by atoms with Gasteiger partial charge in [0.05, 0.1) is 36.3 Å². The number of methoxy groups -OCH3 is 1. The molecule has 0 bridgehead atoms. The highest BCUT2D eigenvalue weighted by molar-refractivity contribution is 7.99. The number of benzene rings is 2. The molecular weight excluding hydrogens is 450 g/mol. The summed E-state index contributed by atoms with van der Waals surface area (Å²) in [5.74, 6) is 1.32. The minimum absolute atomic E-state index is 0.123. The molecule has 1 N–H and O–H groups in total.